The number of hydrogen-bond donors (Lipinski definition) is 0. The van der Waals surface area contributed by atoms with Crippen molar-refractivity contribution < 1.29 is 9.53 Å². The summed E-state index contributed by atoms with van der Waals surface area (Å²) in [7, 11) is 0. The molecule has 1 fully saturated rings. The van der Waals surface area contributed by atoms with Crippen LogP contribution in [0.3, 0.4) is 0 Å². The fourth-order valence-electron chi connectivity index (χ4n) is 2.61. The van der Waals surface area contributed by atoms with Crippen LogP contribution in [0.15, 0.2) is 0 Å². The summed E-state index contributed by atoms with van der Waals surface area (Å²) in [5.41, 5.74) is 0.676. The summed E-state index contributed by atoms with van der Waals surface area (Å²) in [4.78, 5) is 10.3. The van der Waals surface area contributed by atoms with E-state index in [0.29, 0.717) is 17.3 Å². The summed E-state index contributed by atoms with van der Waals surface area (Å²) in [6.07, 6.45) is 4.60. The Morgan fingerprint density at radius 3 is 1.88 bits per heavy atom. The fourth-order valence-corrected chi connectivity index (χ4v) is 2.61. The normalized spacial score (nSPS) is 27.6. The predicted molar refractivity (Wildman–Crippen MR) is 66.1 cm³/mol. The van der Waals surface area contributed by atoms with E-state index < -0.39 is 0 Å². The summed E-state index contributed by atoms with van der Waals surface area (Å²) in [6, 6.07) is 0. The van der Waals surface area contributed by atoms with Crippen molar-refractivity contribution in [3.05, 3.63) is 0 Å². The first-order chi connectivity index (χ1) is 7.29. The van der Waals surface area contributed by atoms with Gasteiger partial charge in [-0.1, -0.05) is 34.6 Å². The van der Waals surface area contributed by atoms with Crippen LogP contribution in [-0.2, 0) is 9.53 Å². The van der Waals surface area contributed by atoms with Gasteiger partial charge in [0.1, 0.15) is 6.10 Å². The Morgan fingerprint density at radius 1 is 1.00 bits per heavy atom. The van der Waals surface area contributed by atoms with Crippen LogP contribution in [0.4, 0.5) is 0 Å². The Morgan fingerprint density at radius 2 is 1.50 bits per heavy atom. The summed E-state index contributed by atoms with van der Waals surface area (Å²) >= 11 is 0. The Kier molecular flexibility index (Phi) is 4.03. The minimum absolute atomic E-state index is 0.171. The van der Waals surface area contributed by atoms with E-state index in [0.717, 1.165) is 18.8 Å². The van der Waals surface area contributed by atoms with Crippen molar-refractivity contribution in [1.82, 2.24) is 0 Å². The van der Waals surface area contributed by atoms with Crippen LogP contribution in [0, 0.1) is 16.7 Å². The highest BCUT2D eigenvalue weighted by Gasteiger charge is 2.41. The lowest BCUT2D eigenvalue weighted by molar-refractivity contribution is -0.136. The molecule has 0 unspecified atom stereocenters. The third kappa shape index (κ3) is 2.78. The van der Waals surface area contributed by atoms with Crippen LogP contribution in [0.2, 0.25) is 0 Å². The van der Waals surface area contributed by atoms with Gasteiger partial charge in [0.25, 0.3) is 6.47 Å². The molecule has 0 bridgehead atoms. The van der Waals surface area contributed by atoms with E-state index in [1.807, 2.05) is 0 Å². The molecule has 0 aromatic rings. The molecule has 0 atom stereocenters. The number of ether oxygens (including phenoxy) is 1. The molecule has 94 valence electrons. The molecule has 0 aromatic heterocycles. The van der Waals surface area contributed by atoms with Gasteiger partial charge in [0.2, 0.25) is 0 Å². The van der Waals surface area contributed by atoms with Crippen LogP contribution in [-0.4, -0.2) is 12.6 Å². The van der Waals surface area contributed by atoms with Gasteiger partial charge in [-0.3, -0.25) is 4.79 Å². The zero-order valence-corrected chi connectivity index (χ0v) is 11.4. The molecular weight excluding hydrogens is 200 g/mol. The second-order valence-electron chi connectivity index (χ2n) is 6.68. The first kappa shape index (κ1) is 13.5. The van der Waals surface area contributed by atoms with Gasteiger partial charge in [-0.25, -0.2) is 0 Å². The Labute approximate surface area is 99.8 Å². The maximum atomic E-state index is 10.3. The van der Waals surface area contributed by atoms with E-state index in [1.54, 1.807) is 0 Å². The van der Waals surface area contributed by atoms with Crippen LogP contribution in [0.5, 0.6) is 0 Å². The van der Waals surface area contributed by atoms with Gasteiger partial charge in [0.15, 0.2) is 0 Å². The highest BCUT2D eigenvalue weighted by molar-refractivity contribution is 5.37. The Bertz CT molecular complexity index is 230. The molecule has 0 spiro atoms. The second kappa shape index (κ2) is 4.77. The fraction of sp³-hybridized carbons (Fsp3) is 0.929. The second-order valence-corrected chi connectivity index (χ2v) is 6.68. The van der Waals surface area contributed by atoms with Crippen LogP contribution in [0.1, 0.15) is 60.3 Å². The number of rotatable bonds is 3. The lowest BCUT2D eigenvalue weighted by atomic mass is 9.58. The maximum absolute atomic E-state index is 10.3. The van der Waals surface area contributed by atoms with Crippen molar-refractivity contribution in [3.63, 3.8) is 0 Å². The molecule has 0 saturated heterocycles. The summed E-state index contributed by atoms with van der Waals surface area (Å²) < 4.78 is 5.05. The molecule has 1 rings (SSSR count). The molecule has 16 heavy (non-hydrogen) atoms. The summed E-state index contributed by atoms with van der Waals surface area (Å²) in [5.74, 6) is 0.749. The van der Waals surface area contributed by atoms with Crippen molar-refractivity contribution in [3.8, 4) is 0 Å². The molecule has 0 radical (unpaired) electrons. The first-order valence-corrected chi connectivity index (χ1v) is 6.38. The molecule has 0 aromatic carbocycles. The number of carbonyl (C=O) groups excluding carboxylic acids is 1. The van der Waals surface area contributed by atoms with E-state index >= 15 is 0 Å². The molecule has 0 heterocycles. The average molecular weight is 226 g/mol. The number of hydrogen-bond acceptors (Lipinski definition) is 2. The summed E-state index contributed by atoms with van der Waals surface area (Å²) in [6.45, 7) is 12.3. The van der Waals surface area contributed by atoms with E-state index in [2.05, 4.69) is 34.6 Å². The Balaban J connectivity index is 2.56. The van der Waals surface area contributed by atoms with Gasteiger partial charge in [-0.15, -0.1) is 0 Å². The Hall–Kier alpha value is -0.530. The molecular formula is C14H26O2. The van der Waals surface area contributed by atoms with Crippen molar-refractivity contribution in [1.29, 1.82) is 0 Å². The first-order valence-electron chi connectivity index (χ1n) is 6.38. The van der Waals surface area contributed by atoms with Crippen molar-refractivity contribution in [2.24, 2.45) is 16.7 Å². The monoisotopic (exact) mass is 226 g/mol. The zero-order valence-electron chi connectivity index (χ0n) is 11.4. The zero-order chi connectivity index (χ0) is 12.4. The van der Waals surface area contributed by atoms with Gasteiger partial charge < -0.3 is 4.74 Å². The van der Waals surface area contributed by atoms with Gasteiger partial charge in [0, 0.05) is 0 Å². The molecule has 0 aliphatic heterocycles. The third-order valence-electron chi connectivity index (χ3n) is 4.88. The minimum Gasteiger partial charge on any atom is -0.465 e. The van der Waals surface area contributed by atoms with Crippen molar-refractivity contribution in [2.75, 3.05) is 0 Å². The lowest BCUT2D eigenvalue weighted by Gasteiger charge is -2.47. The molecule has 2 nitrogen and oxygen atoms in total. The maximum Gasteiger partial charge on any atom is 0.293 e. The highest BCUT2D eigenvalue weighted by Crippen LogP contribution is 2.49. The highest BCUT2D eigenvalue weighted by atomic mass is 16.5. The van der Waals surface area contributed by atoms with E-state index in [-0.39, 0.29) is 6.10 Å². The number of carbonyl (C=O) groups is 1. The average Bonchev–Trinajstić information content (AvgIpc) is 2.17. The minimum atomic E-state index is 0.171. The third-order valence-corrected chi connectivity index (χ3v) is 4.88. The van der Waals surface area contributed by atoms with Crippen molar-refractivity contribution in [2.45, 2.75) is 66.4 Å². The smallest absolute Gasteiger partial charge is 0.293 e. The molecule has 1 aliphatic rings. The standard InChI is InChI=1S/C14H26O2/c1-13(2,3)14(4,5)11-6-8-12(9-7-11)16-10-15/h10-12H,6-9H2,1-5H3. The predicted octanol–water partition coefficient (Wildman–Crippen LogP) is 3.79. The lowest BCUT2D eigenvalue weighted by Crippen LogP contribution is -2.39. The topological polar surface area (TPSA) is 26.3 Å². The van der Waals surface area contributed by atoms with Gasteiger partial charge in [-0.2, -0.15) is 0 Å². The molecule has 0 N–H and O–H groups in total. The quantitative estimate of drug-likeness (QED) is 0.684. The summed E-state index contributed by atoms with van der Waals surface area (Å²) in [5, 5.41) is 0. The van der Waals surface area contributed by atoms with Crippen LogP contribution in [0.25, 0.3) is 0 Å². The van der Waals surface area contributed by atoms with E-state index in [1.165, 1.54) is 12.8 Å². The van der Waals surface area contributed by atoms with E-state index in [4.69, 9.17) is 4.74 Å². The van der Waals surface area contributed by atoms with Crippen LogP contribution >= 0.6 is 0 Å². The molecule has 1 saturated carbocycles. The molecule has 0 amide bonds. The largest absolute Gasteiger partial charge is 0.465 e. The van der Waals surface area contributed by atoms with Gasteiger partial charge >= 0.3 is 0 Å². The van der Waals surface area contributed by atoms with Gasteiger partial charge in [0.05, 0.1) is 0 Å². The SMILES string of the molecule is CC(C)(C)C(C)(C)C1CCC(OC=O)CC1. The van der Waals surface area contributed by atoms with Gasteiger partial charge in [-0.05, 0) is 42.4 Å². The van der Waals surface area contributed by atoms with E-state index in [9.17, 15) is 4.79 Å². The molecule has 2 heteroatoms. The van der Waals surface area contributed by atoms with Crippen LogP contribution < -0.4 is 0 Å². The molecule has 1 aliphatic carbocycles. The van der Waals surface area contributed by atoms with Crippen molar-refractivity contribution >= 4 is 6.47 Å².